The molecule has 0 radical (unpaired) electrons. The maximum atomic E-state index is 11.7. The minimum Gasteiger partial charge on any atom is -0.355 e. The fourth-order valence-electron chi connectivity index (χ4n) is 3.16. The molecule has 0 aliphatic rings. The number of amides is 1. The van der Waals surface area contributed by atoms with Gasteiger partial charge in [-0.3, -0.25) is 4.79 Å². The van der Waals surface area contributed by atoms with Crippen molar-refractivity contribution >= 4 is 22.9 Å². The van der Waals surface area contributed by atoms with Gasteiger partial charge in [-0.2, -0.15) is 0 Å². The lowest BCUT2D eigenvalue weighted by molar-refractivity contribution is -0.119. The van der Waals surface area contributed by atoms with Crippen LogP contribution in [-0.2, 0) is 10.2 Å². The zero-order valence-electron chi connectivity index (χ0n) is 15.5. The summed E-state index contributed by atoms with van der Waals surface area (Å²) in [6.45, 7) is 4.40. The Hall–Kier alpha value is -1.65. The van der Waals surface area contributed by atoms with Gasteiger partial charge in [0.15, 0.2) is 0 Å². The summed E-state index contributed by atoms with van der Waals surface area (Å²) in [5, 5.41) is 3.07. The summed E-state index contributed by atoms with van der Waals surface area (Å²) in [4.78, 5) is 13.9. The molecule has 0 saturated heterocycles. The van der Waals surface area contributed by atoms with E-state index in [1.165, 1.54) is 11.1 Å². The number of hydrogen-bond donors (Lipinski definition) is 1. The number of halogens is 1. The number of rotatable bonds is 7. The van der Waals surface area contributed by atoms with Crippen LogP contribution in [0.1, 0.15) is 31.4 Å². The molecule has 0 aliphatic heterocycles. The van der Waals surface area contributed by atoms with E-state index in [0.29, 0.717) is 12.6 Å². The molecule has 2 aromatic rings. The molecule has 0 aromatic heterocycles. The molecule has 2 aromatic carbocycles. The van der Waals surface area contributed by atoms with Gasteiger partial charge in [0.25, 0.3) is 0 Å². The van der Waals surface area contributed by atoms with Gasteiger partial charge in [0.2, 0.25) is 5.91 Å². The molecule has 0 heterocycles. The van der Waals surface area contributed by atoms with E-state index >= 15 is 0 Å². The van der Waals surface area contributed by atoms with E-state index in [-0.39, 0.29) is 28.3 Å². The van der Waals surface area contributed by atoms with Gasteiger partial charge in [0.1, 0.15) is 0 Å². The summed E-state index contributed by atoms with van der Waals surface area (Å²) >= 11 is 0. The first-order valence-corrected chi connectivity index (χ1v) is 8.47. The van der Waals surface area contributed by atoms with E-state index in [9.17, 15) is 4.79 Å². The molecule has 0 fully saturated rings. The molecule has 0 aliphatic carbocycles. The third kappa shape index (κ3) is 5.41. The van der Waals surface area contributed by atoms with Gasteiger partial charge in [-0.05, 0) is 38.6 Å². The Morgan fingerprint density at radius 2 is 1.44 bits per heavy atom. The quantitative estimate of drug-likeness (QED) is 0.755. The highest BCUT2D eigenvalue weighted by atomic mass is 79.9. The number of nitrogens with zero attached hydrogens (tertiary/aromatic N) is 1. The lowest BCUT2D eigenvalue weighted by atomic mass is 9.70. The molecule has 0 saturated carbocycles. The zero-order chi connectivity index (χ0) is 17.6. The lowest BCUT2D eigenvalue weighted by Gasteiger charge is -2.39. The summed E-state index contributed by atoms with van der Waals surface area (Å²) in [7, 11) is 4.20. The SMILES string of the molecule is Br.CC(=O)NCC(CC(C)N(C)C)(c1ccccc1)c1ccccc1. The van der Waals surface area contributed by atoms with Gasteiger partial charge in [-0.15, -0.1) is 17.0 Å². The second-order valence-electron chi connectivity index (χ2n) is 6.74. The smallest absolute Gasteiger partial charge is 0.216 e. The molecule has 136 valence electrons. The Balaban J connectivity index is 0.00000312. The lowest BCUT2D eigenvalue weighted by Crippen LogP contribution is -2.45. The van der Waals surface area contributed by atoms with E-state index in [2.05, 4.69) is 79.8 Å². The number of hydrogen-bond acceptors (Lipinski definition) is 2. The molecule has 0 bridgehead atoms. The van der Waals surface area contributed by atoms with Crippen LogP contribution in [0.25, 0.3) is 0 Å². The molecular formula is C21H29BrN2O. The predicted molar refractivity (Wildman–Crippen MR) is 110 cm³/mol. The summed E-state index contributed by atoms with van der Waals surface area (Å²) in [6, 6.07) is 21.4. The molecule has 1 amide bonds. The molecule has 3 nitrogen and oxygen atoms in total. The van der Waals surface area contributed by atoms with Crippen molar-refractivity contribution in [2.24, 2.45) is 0 Å². The highest BCUT2D eigenvalue weighted by Gasteiger charge is 2.36. The summed E-state index contributed by atoms with van der Waals surface area (Å²) in [5.74, 6) is 0.00347. The molecule has 0 spiro atoms. The monoisotopic (exact) mass is 404 g/mol. The number of carbonyl (C=O) groups excluding carboxylic acids is 1. The van der Waals surface area contributed by atoms with Crippen LogP contribution in [0.4, 0.5) is 0 Å². The van der Waals surface area contributed by atoms with Crippen LogP contribution in [0, 0.1) is 0 Å². The van der Waals surface area contributed by atoms with Gasteiger partial charge in [0, 0.05) is 24.9 Å². The van der Waals surface area contributed by atoms with E-state index in [1.807, 2.05) is 12.1 Å². The minimum absolute atomic E-state index is 0. The largest absolute Gasteiger partial charge is 0.355 e. The van der Waals surface area contributed by atoms with Gasteiger partial charge in [-0.1, -0.05) is 60.7 Å². The second-order valence-corrected chi connectivity index (χ2v) is 6.74. The van der Waals surface area contributed by atoms with Gasteiger partial charge >= 0.3 is 0 Å². The standard InChI is InChI=1S/C21H28N2O.BrH/c1-17(23(3)4)15-21(16-22-18(2)24,19-11-7-5-8-12-19)20-13-9-6-10-14-20;/h5-14,17H,15-16H2,1-4H3,(H,22,24);1H. The molecule has 4 heteroatoms. The van der Waals surface area contributed by atoms with Crippen molar-refractivity contribution in [2.75, 3.05) is 20.6 Å². The number of benzene rings is 2. The first-order valence-electron chi connectivity index (χ1n) is 8.47. The topological polar surface area (TPSA) is 32.3 Å². The normalized spacial score (nSPS) is 12.4. The number of carbonyl (C=O) groups is 1. The Bertz CT molecular complexity index is 604. The zero-order valence-corrected chi connectivity index (χ0v) is 17.2. The maximum Gasteiger partial charge on any atom is 0.216 e. The van der Waals surface area contributed by atoms with E-state index < -0.39 is 0 Å². The minimum atomic E-state index is -0.252. The molecule has 1 unspecified atom stereocenters. The average molecular weight is 405 g/mol. The van der Waals surface area contributed by atoms with Gasteiger partial charge in [-0.25, -0.2) is 0 Å². The van der Waals surface area contributed by atoms with Crippen molar-refractivity contribution in [3.05, 3.63) is 71.8 Å². The third-order valence-electron chi connectivity index (χ3n) is 4.82. The van der Waals surface area contributed by atoms with Crippen molar-refractivity contribution < 1.29 is 4.79 Å². The molecule has 1 N–H and O–H groups in total. The van der Waals surface area contributed by atoms with Crippen molar-refractivity contribution in [1.82, 2.24) is 10.2 Å². The van der Waals surface area contributed by atoms with Crippen LogP contribution in [0.5, 0.6) is 0 Å². The fourth-order valence-corrected chi connectivity index (χ4v) is 3.16. The Morgan fingerprint density at radius 3 is 1.80 bits per heavy atom. The van der Waals surface area contributed by atoms with E-state index in [0.717, 1.165) is 6.42 Å². The molecular weight excluding hydrogens is 376 g/mol. The fraction of sp³-hybridized carbons (Fsp3) is 0.381. The van der Waals surface area contributed by atoms with Crippen molar-refractivity contribution in [3.8, 4) is 0 Å². The maximum absolute atomic E-state index is 11.7. The highest BCUT2D eigenvalue weighted by Crippen LogP contribution is 2.37. The first kappa shape index (κ1) is 21.4. The van der Waals surface area contributed by atoms with Crippen LogP contribution in [0.3, 0.4) is 0 Å². The Kier molecular flexibility index (Phi) is 8.33. The van der Waals surface area contributed by atoms with Crippen LogP contribution in [0.2, 0.25) is 0 Å². The van der Waals surface area contributed by atoms with Crippen LogP contribution < -0.4 is 5.32 Å². The van der Waals surface area contributed by atoms with E-state index in [1.54, 1.807) is 6.92 Å². The van der Waals surface area contributed by atoms with E-state index in [4.69, 9.17) is 0 Å². The average Bonchev–Trinajstić information content (AvgIpc) is 2.59. The van der Waals surface area contributed by atoms with Crippen molar-refractivity contribution in [2.45, 2.75) is 31.7 Å². The van der Waals surface area contributed by atoms with Crippen molar-refractivity contribution in [1.29, 1.82) is 0 Å². The van der Waals surface area contributed by atoms with Crippen LogP contribution in [0.15, 0.2) is 60.7 Å². The Labute approximate surface area is 162 Å². The van der Waals surface area contributed by atoms with Crippen molar-refractivity contribution in [3.63, 3.8) is 0 Å². The van der Waals surface area contributed by atoms with Gasteiger partial charge in [0.05, 0.1) is 0 Å². The summed E-state index contributed by atoms with van der Waals surface area (Å²) in [5.41, 5.74) is 2.22. The molecule has 2 rings (SSSR count). The van der Waals surface area contributed by atoms with Crippen LogP contribution in [-0.4, -0.2) is 37.5 Å². The number of nitrogens with one attached hydrogen (secondary N) is 1. The molecule has 25 heavy (non-hydrogen) atoms. The Morgan fingerprint density at radius 1 is 1.00 bits per heavy atom. The van der Waals surface area contributed by atoms with Gasteiger partial charge < -0.3 is 10.2 Å². The summed E-state index contributed by atoms with van der Waals surface area (Å²) in [6.07, 6.45) is 0.925. The summed E-state index contributed by atoms with van der Waals surface area (Å²) < 4.78 is 0. The highest BCUT2D eigenvalue weighted by molar-refractivity contribution is 8.93. The predicted octanol–water partition coefficient (Wildman–Crippen LogP) is 4.03. The third-order valence-corrected chi connectivity index (χ3v) is 4.82. The first-order chi connectivity index (χ1) is 11.5. The molecule has 1 atom stereocenters. The second kappa shape index (κ2) is 9.73. The van der Waals surface area contributed by atoms with Crippen LogP contribution >= 0.6 is 17.0 Å².